The predicted molar refractivity (Wildman–Crippen MR) is 120 cm³/mol. The summed E-state index contributed by atoms with van der Waals surface area (Å²) in [6, 6.07) is 3.35. The minimum absolute atomic E-state index is 0.0299. The molecule has 10 heteroatoms. The molecule has 2 fully saturated rings. The van der Waals surface area contributed by atoms with Crippen LogP contribution in [0.15, 0.2) is 54.6 Å². The molecule has 1 saturated heterocycles. The lowest BCUT2D eigenvalue weighted by Crippen LogP contribution is -2.46. The van der Waals surface area contributed by atoms with Crippen LogP contribution in [0, 0.1) is 12.8 Å². The summed E-state index contributed by atoms with van der Waals surface area (Å²) in [6.07, 6.45) is 5.04. The Kier molecular flexibility index (Phi) is 6.97. The fourth-order valence-corrected chi connectivity index (χ4v) is 4.60. The molecule has 0 spiro atoms. The smallest absolute Gasteiger partial charge is 0.393 e. The zero-order valence-corrected chi connectivity index (χ0v) is 18.9. The average molecular weight is 473 g/mol. The normalized spacial score (nSPS) is 22.6. The summed E-state index contributed by atoms with van der Waals surface area (Å²) in [5.41, 5.74) is 0.922. The van der Waals surface area contributed by atoms with Gasteiger partial charge >= 0.3 is 6.18 Å². The molecular weight excluding hydrogens is 447 g/mol. The van der Waals surface area contributed by atoms with Crippen LogP contribution < -0.4 is 5.32 Å². The molecule has 0 aromatic carbocycles. The number of rotatable bonds is 7. The highest BCUT2D eigenvalue weighted by molar-refractivity contribution is 5.99. The molecule has 2 aliphatic rings. The molecule has 2 bridgehead atoms. The first-order valence-corrected chi connectivity index (χ1v) is 11.1. The van der Waals surface area contributed by atoms with Crippen LogP contribution in [-0.4, -0.2) is 64.3 Å². The zero-order chi connectivity index (χ0) is 24.3. The molecule has 1 saturated carbocycles. The number of hydrogen-bond acceptors (Lipinski definition) is 6. The van der Waals surface area contributed by atoms with Gasteiger partial charge in [-0.15, -0.1) is 0 Å². The second-order valence-corrected chi connectivity index (χ2v) is 8.50. The van der Waals surface area contributed by atoms with E-state index in [2.05, 4.69) is 20.3 Å². The summed E-state index contributed by atoms with van der Waals surface area (Å²) in [5.74, 6) is 0.515. The van der Waals surface area contributed by atoms with Crippen molar-refractivity contribution in [2.45, 2.75) is 38.1 Å². The van der Waals surface area contributed by atoms with E-state index in [9.17, 15) is 18.0 Å². The van der Waals surface area contributed by atoms with E-state index in [0.717, 1.165) is 30.7 Å². The van der Waals surface area contributed by atoms with E-state index < -0.39 is 11.7 Å². The van der Waals surface area contributed by atoms with Gasteiger partial charge < -0.3 is 15.0 Å². The van der Waals surface area contributed by atoms with Gasteiger partial charge in [0.05, 0.1) is 29.9 Å². The molecule has 34 heavy (non-hydrogen) atoms. The highest BCUT2D eigenvalue weighted by Gasteiger charge is 2.48. The van der Waals surface area contributed by atoms with Crippen LogP contribution in [0.5, 0.6) is 0 Å². The number of aromatic nitrogens is 3. The highest BCUT2D eigenvalue weighted by Crippen LogP contribution is 2.40. The van der Waals surface area contributed by atoms with Crippen LogP contribution in [0.25, 0.3) is 11.5 Å². The predicted octanol–water partition coefficient (Wildman–Crippen LogP) is 3.69. The Labute approximate surface area is 195 Å². The Hall–Kier alpha value is -3.27. The molecule has 2 aromatic heterocycles. The van der Waals surface area contributed by atoms with Crippen molar-refractivity contribution in [1.29, 1.82) is 0 Å². The molecule has 2 aromatic rings. The van der Waals surface area contributed by atoms with E-state index >= 15 is 0 Å². The molecule has 4 rings (SSSR count). The molecule has 1 aliphatic carbocycles. The van der Waals surface area contributed by atoms with E-state index in [1.54, 1.807) is 35.6 Å². The number of piperidine rings is 1. The first-order valence-electron chi connectivity index (χ1n) is 11.1. The fraction of sp³-hybridized carbons (Fsp3) is 0.417. The summed E-state index contributed by atoms with van der Waals surface area (Å²) in [4.78, 5) is 28.2. The van der Waals surface area contributed by atoms with Crippen LogP contribution >= 0.6 is 0 Å². The minimum Gasteiger partial charge on any atom is -0.393 e. The van der Waals surface area contributed by atoms with Crippen LogP contribution in [0.2, 0.25) is 0 Å². The lowest BCUT2D eigenvalue weighted by Gasteiger charge is -2.33. The summed E-state index contributed by atoms with van der Waals surface area (Å²) in [6.45, 7) is 2.51. The van der Waals surface area contributed by atoms with Gasteiger partial charge in [-0.25, -0.2) is 9.97 Å². The summed E-state index contributed by atoms with van der Waals surface area (Å²) in [7, 11) is 1.41. The maximum absolute atomic E-state index is 13.6. The van der Waals surface area contributed by atoms with Gasteiger partial charge in [0.1, 0.15) is 5.69 Å². The highest BCUT2D eigenvalue weighted by atomic mass is 19.4. The number of nitrogens with zero attached hydrogens (tertiary/aromatic N) is 4. The number of aryl methyl sites for hydroxylation is 1. The maximum atomic E-state index is 13.6. The molecule has 1 N–H and O–H groups in total. The molecule has 3 heterocycles. The van der Waals surface area contributed by atoms with Crippen molar-refractivity contribution >= 4 is 5.91 Å². The first kappa shape index (κ1) is 23.9. The number of nitrogens with one attached hydrogen (secondary N) is 1. The van der Waals surface area contributed by atoms with Gasteiger partial charge in [0.25, 0.3) is 5.91 Å². The molecule has 0 radical (unpaired) electrons. The molecule has 3 unspecified atom stereocenters. The van der Waals surface area contributed by atoms with Gasteiger partial charge in [-0.2, -0.15) is 13.2 Å². The number of fused-ring (bicyclic) bond motifs is 2. The van der Waals surface area contributed by atoms with Gasteiger partial charge in [0.2, 0.25) is 0 Å². The van der Waals surface area contributed by atoms with E-state index in [0.29, 0.717) is 29.5 Å². The van der Waals surface area contributed by atoms with Gasteiger partial charge in [-0.3, -0.25) is 9.78 Å². The van der Waals surface area contributed by atoms with Crippen LogP contribution in [0.3, 0.4) is 0 Å². The quantitative estimate of drug-likeness (QED) is 0.618. The topological polar surface area (TPSA) is 80.2 Å². The molecule has 1 aliphatic heterocycles. The van der Waals surface area contributed by atoms with Crippen molar-refractivity contribution < 1.29 is 22.7 Å². The summed E-state index contributed by atoms with van der Waals surface area (Å²) < 4.78 is 44.8. The van der Waals surface area contributed by atoms with Gasteiger partial charge in [-0.1, -0.05) is 12.2 Å². The number of ether oxygens (including phenoxy) is 1. The fourth-order valence-electron chi connectivity index (χ4n) is 4.60. The van der Waals surface area contributed by atoms with Crippen molar-refractivity contribution in [3.63, 3.8) is 0 Å². The van der Waals surface area contributed by atoms with Crippen molar-refractivity contribution in [3.8, 4) is 11.5 Å². The molecular formula is C24H26F3N5O2. The van der Waals surface area contributed by atoms with Crippen molar-refractivity contribution in [3.05, 3.63) is 65.8 Å². The number of hydrogen-bond donors (Lipinski definition) is 1. The Morgan fingerprint density at radius 2 is 2.03 bits per heavy atom. The molecule has 3 atom stereocenters. The SMILES string of the molecule is CN/C=C(\C=C/COC1CC2CC1N(C(=O)c1cc(C)cnc1-c1ncccn1)C2)C(F)(F)F. The second-order valence-electron chi connectivity index (χ2n) is 8.50. The van der Waals surface area contributed by atoms with Gasteiger partial charge in [0.15, 0.2) is 5.82 Å². The molecule has 1 amide bonds. The maximum Gasteiger partial charge on any atom is 0.417 e. The van der Waals surface area contributed by atoms with Crippen LogP contribution in [0.4, 0.5) is 13.2 Å². The van der Waals surface area contributed by atoms with Crippen molar-refractivity contribution in [2.75, 3.05) is 20.2 Å². The van der Waals surface area contributed by atoms with Crippen molar-refractivity contribution in [1.82, 2.24) is 25.2 Å². The second kappa shape index (κ2) is 9.92. The number of likely N-dealkylation sites (tertiary alicyclic amines) is 1. The monoisotopic (exact) mass is 473 g/mol. The van der Waals surface area contributed by atoms with Gasteiger partial charge in [0, 0.05) is 38.4 Å². The largest absolute Gasteiger partial charge is 0.417 e. The standard InChI is InChI=1S/C24H26F3N5O2/c1-15-9-18(21(31-12-15)22-29-6-4-7-30-22)23(33)32-14-16-10-19(32)20(11-16)34-8-3-5-17(13-28-2)24(25,26)27/h3-7,9,12-13,16,19-20,28H,8,10-11,14H2,1-2H3/b5-3-,17-13+. The Morgan fingerprint density at radius 1 is 1.26 bits per heavy atom. The third-order valence-electron chi connectivity index (χ3n) is 6.05. The third-order valence-corrected chi connectivity index (χ3v) is 6.05. The minimum atomic E-state index is -4.45. The summed E-state index contributed by atoms with van der Waals surface area (Å²) in [5, 5.41) is 2.40. The van der Waals surface area contributed by atoms with E-state index in [-0.39, 0.29) is 24.7 Å². The van der Waals surface area contributed by atoms with E-state index in [1.165, 1.54) is 13.1 Å². The lowest BCUT2D eigenvalue weighted by atomic mass is 10.0. The number of alkyl halides is 3. The van der Waals surface area contributed by atoms with Crippen LogP contribution in [-0.2, 0) is 4.74 Å². The van der Waals surface area contributed by atoms with E-state index in [4.69, 9.17) is 4.74 Å². The van der Waals surface area contributed by atoms with Crippen molar-refractivity contribution in [2.24, 2.45) is 5.92 Å². The number of allylic oxidation sites excluding steroid dienone is 2. The number of halogens is 3. The Balaban J connectivity index is 1.46. The number of pyridine rings is 1. The van der Waals surface area contributed by atoms with E-state index in [1.807, 2.05) is 6.92 Å². The third kappa shape index (κ3) is 5.11. The number of carbonyl (C=O) groups excluding carboxylic acids is 1. The Bertz CT molecular complexity index is 1090. The first-order chi connectivity index (χ1) is 16.3. The Morgan fingerprint density at radius 3 is 2.71 bits per heavy atom. The number of amides is 1. The molecule has 180 valence electrons. The number of carbonyl (C=O) groups is 1. The zero-order valence-electron chi connectivity index (χ0n) is 18.9. The van der Waals surface area contributed by atoms with Crippen LogP contribution in [0.1, 0.15) is 28.8 Å². The summed E-state index contributed by atoms with van der Waals surface area (Å²) >= 11 is 0. The lowest BCUT2D eigenvalue weighted by molar-refractivity contribution is -0.0886. The average Bonchev–Trinajstić information content (AvgIpc) is 3.41. The molecule has 7 nitrogen and oxygen atoms in total. The van der Waals surface area contributed by atoms with Gasteiger partial charge in [-0.05, 0) is 43.4 Å².